The minimum atomic E-state index is -0.331. The quantitative estimate of drug-likeness (QED) is 0.851. The highest BCUT2D eigenvalue weighted by atomic mass is 19.1. The molecular formula is C15H20FNO2. The van der Waals surface area contributed by atoms with Gasteiger partial charge in [0.05, 0.1) is 5.92 Å². The largest absolute Gasteiger partial charge is 0.460 e. The van der Waals surface area contributed by atoms with Crippen molar-refractivity contribution in [1.82, 2.24) is 0 Å². The van der Waals surface area contributed by atoms with Crippen LogP contribution < -0.4 is 5.73 Å². The van der Waals surface area contributed by atoms with Crippen molar-refractivity contribution in [3.63, 3.8) is 0 Å². The van der Waals surface area contributed by atoms with E-state index in [1.165, 1.54) is 6.07 Å². The van der Waals surface area contributed by atoms with E-state index in [9.17, 15) is 9.18 Å². The Labute approximate surface area is 112 Å². The van der Waals surface area contributed by atoms with E-state index in [1.807, 2.05) is 0 Å². The highest BCUT2D eigenvalue weighted by Gasteiger charge is 2.26. The minimum Gasteiger partial charge on any atom is -0.460 e. The maximum absolute atomic E-state index is 13.4. The Kier molecular flexibility index (Phi) is 4.91. The molecule has 3 nitrogen and oxygen atoms in total. The van der Waals surface area contributed by atoms with Gasteiger partial charge in [0.1, 0.15) is 12.4 Å². The summed E-state index contributed by atoms with van der Waals surface area (Å²) in [4.78, 5) is 11.9. The van der Waals surface area contributed by atoms with Crippen molar-refractivity contribution in [3.05, 3.63) is 35.6 Å². The lowest BCUT2D eigenvalue weighted by Gasteiger charge is -2.26. The second kappa shape index (κ2) is 6.66. The van der Waals surface area contributed by atoms with E-state index in [4.69, 9.17) is 10.5 Å². The molecule has 1 aliphatic rings. The second-order valence-electron chi connectivity index (χ2n) is 5.15. The molecule has 0 saturated heterocycles. The fourth-order valence-corrected chi connectivity index (χ4v) is 2.52. The van der Waals surface area contributed by atoms with Crippen LogP contribution in [0.5, 0.6) is 0 Å². The lowest BCUT2D eigenvalue weighted by molar-refractivity contribution is -0.151. The molecule has 1 aromatic carbocycles. The van der Waals surface area contributed by atoms with E-state index in [0.717, 1.165) is 25.7 Å². The first-order valence-corrected chi connectivity index (χ1v) is 6.80. The Morgan fingerprint density at radius 1 is 1.26 bits per heavy atom. The SMILES string of the molecule is NCC1CCC(C(=O)OCc2ccccc2F)CC1. The van der Waals surface area contributed by atoms with Crippen LogP contribution in [-0.4, -0.2) is 12.5 Å². The highest BCUT2D eigenvalue weighted by Crippen LogP contribution is 2.29. The predicted molar refractivity (Wildman–Crippen MR) is 70.7 cm³/mol. The van der Waals surface area contributed by atoms with Crippen LogP contribution in [0.2, 0.25) is 0 Å². The molecule has 4 heteroatoms. The number of ether oxygens (including phenoxy) is 1. The van der Waals surface area contributed by atoms with Gasteiger partial charge >= 0.3 is 5.97 Å². The average Bonchev–Trinajstić information content (AvgIpc) is 2.46. The van der Waals surface area contributed by atoms with Crippen molar-refractivity contribution >= 4 is 5.97 Å². The van der Waals surface area contributed by atoms with E-state index in [2.05, 4.69) is 0 Å². The number of carbonyl (C=O) groups is 1. The van der Waals surface area contributed by atoms with E-state index in [0.29, 0.717) is 18.0 Å². The van der Waals surface area contributed by atoms with E-state index in [1.54, 1.807) is 18.2 Å². The van der Waals surface area contributed by atoms with Crippen molar-refractivity contribution in [1.29, 1.82) is 0 Å². The van der Waals surface area contributed by atoms with Gasteiger partial charge < -0.3 is 10.5 Å². The van der Waals surface area contributed by atoms with Crippen LogP contribution >= 0.6 is 0 Å². The molecule has 0 aromatic heterocycles. The predicted octanol–water partition coefficient (Wildman–Crippen LogP) is 2.63. The number of halogens is 1. The summed E-state index contributed by atoms with van der Waals surface area (Å²) in [6.07, 6.45) is 3.63. The average molecular weight is 265 g/mol. The second-order valence-corrected chi connectivity index (χ2v) is 5.15. The summed E-state index contributed by atoms with van der Waals surface area (Å²) in [6.45, 7) is 0.708. The maximum atomic E-state index is 13.4. The highest BCUT2D eigenvalue weighted by molar-refractivity contribution is 5.72. The van der Waals surface area contributed by atoms with Gasteiger partial charge in [0.15, 0.2) is 0 Å². The number of esters is 1. The molecule has 2 N–H and O–H groups in total. The lowest BCUT2D eigenvalue weighted by atomic mass is 9.82. The molecule has 0 bridgehead atoms. The zero-order valence-electron chi connectivity index (χ0n) is 11.0. The molecule has 1 fully saturated rings. The van der Waals surface area contributed by atoms with Gasteiger partial charge in [-0.2, -0.15) is 0 Å². The van der Waals surface area contributed by atoms with Gasteiger partial charge in [-0.25, -0.2) is 4.39 Å². The molecule has 0 unspecified atom stereocenters. The zero-order chi connectivity index (χ0) is 13.7. The minimum absolute atomic E-state index is 0.0162. The number of carbonyl (C=O) groups excluding carboxylic acids is 1. The molecule has 1 aliphatic carbocycles. The smallest absolute Gasteiger partial charge is 0.309 e. The molecule has 2 rings (SSSR count). The van der Waals surface area contributed by atoms with Gasteiger partial charge in [-0.15, -0.1) is 0 Å². The van der Waals surface area contributed by atoms with Gasteiger partial charge in [-0.3, -0.25) is 4.79 Å². The molecule has 0 radical (unpaired) electrons. The van der Waals surface area contributed by atoms with E-state index in [-0.39, 0.29) is 24.3 Å². The first-order chi connectivity index (χ1) is 9.20. The van der Waals surface area contributed by atoms with Crippen LogP contribution in [0, 0.1) is 17.7 Å². The Bertz CT molecular complexity index is 428. The molecule has 1 saturated carbocycles. The van der Waals surface area contributed by atoms with Crippen LogP contribution in [-0.2, 0) is 16.1 Å². The van der Waals surface area contributed by atoms with Crippen LogP contribution in [0.4, 0.5) is 4.39 Å². The molecular weight excluding hydrogens is 245 g/mol. The van der Waals surface area contributed by atoms with Crippen LogP contribution in [0.25, 0.3) is 0 Å². The molecule has 0 heterocycles. The number of nitrogens with two attached hydrogens (primary N) is 1. The number of benzene rings is 1. The van der Waals surface area contributed by atoms with Gasteiger partial charge in [0, 0.05) is 5.56 Å². The molecule has 0 spiro atoms. The van der Waals surface area contributed by atoms with Crippen LogP contribution in [0.1, 0.15) is 31.2 Å². The normalized spacial score (nSPS) is 23.1. The summed E-state index contributed by atoms with van der Waals surface area (Å²) in [6, 6.07) is 6.36. The molecule has 104 valence electrons. The monoisotopic (exact) mass is 265 g/mol. The molecule has 0 atom stereocenters. The van der Waals surface area contributed by atoms with Gasteiger partial charge in [0.25, 0.3) is 0 Å². The standard InChI is InChI=1S/C15H20FNO2/c16-14-4-2-1-3-13(14)10-19-15(18)12-7-5-11(9-17)6-8-12/h1-4,11-12H,5-10,17H2. The summed E-state index contributed by atoms with van der Waals surface area (Å²) in [7, 11) is 0. The Hall–Kier alpha value is -1.42. The Morgan fingerprint density at radius 2 is 1.95 bits per heavy atom. The first kappa shape index (κ1) is 14.0. The fourth-order valence-electron chi connectivity index (χ4n) is 2.52. The van der Waals surface area contributed by atoms with Crippen molar-refractivity contribution in [3.8, 4) is 0 Å². The van der Waals surface area contributed by atoms with Crippen molar-refractivity contribution in [2.24, 2.45) is 17.6 Å². The zero-order valence-corrected chi connectivity index (χ0v) is 11.0. The molecule has 0 amide bonds. The first-order valence-electron chi connectivity index (χ1n) is 6.80. The Balaban J connectivity index is 1.81. The number of hydrogen-bond donors (Lipinski definition) is 1. The third-order valence-electron chi connectivity index (χ3n) is 3.84. The lowest BCUT2D eigenvalue weighted by Crippen LogP contribution is -2.26. The third kappa shape index (κ3) is 3.77. The van der Waals surface area contributed by atoms with Gasteiger partial charge in [-0.05, 0) is 44.2 Å². The summed E-state index contributed by atoms with van der Waals surface area (Å²) in [5, 5.41) is 0. The summed E-state index contributed by atoms with van der Waals surface area (Å²) in [5.74, 6) is -0.0499. The summed E-state index contributed by atoms with van der Waals surface area (Å²) in [5.41, 5.74) is 6.04. The van der Waals surface area contributed by atoms with Gasteiger partial charge in [-0.1, -0.05) is 18.2 Å². The van der Waals surface area contributed by atoms with Crippen molar-refractivity contribution < 1.29 is 13.9 Å². The molecule has 1 aromatic rings. The fraction of sp³-hybridized carbons (Fsp3) is 0.533. The van der Waals surface area contributed by atoms with Crippen molar-refractivity contribution in [2.75, 3.05) is 6.54 Å². The maximum Gasteiger partial charge on any atom is 0.309 e. The summed E-state index contributed by atoms with van der Waals surface area (Å²) >= 11 is 0. The topological polar surface area (TPSA) is 52.3 Å². The van der Waals surface area contributed by atoms with Crippen molar-refractivity contribution in [2.45, 2.75) is 32.3 Å². The van der Waals surface area contributed by atoms with E-state index < -0.39 is 0 Å². The number of rotatable bonds is 4. The summed E-state index contributed by atoms with van der Waals surface area (Å²) < 4.78 is 18.6. The molecule has 0 aliphatic heterocycles. The van der Waals surface area contributed by atoms with Crippen LogP contribution in [0.15, 0.2) is 24.3 Å². The third-order valence-corrected chi connectivity index (χ3v) is 3.84. The van der Waals surface area contributed by atoms with Crippen LogP contribution in [0.3, 0.4) is 0 Å². The van der Waals surface area contributed by atoms with E-state index >= 15 is 0 Å². The van der Waals surface area contributed by atoms with Gasteiger partial charge in [0.2, 0.25) is 0 Å². The Morgan fingerprint density at radius 3 is 2.58 bits per heavy atom. The molecule has 19 heavy (non-hydrogen) atoms. The number of hydrogen-bond acceptors (Lipinski definition) is 3.